The van der Waals surface area contributed by atoms with E-state index in [1.54, 1.807) is 0 Å². The molecule has 0 aromatic rings. The molecule has 0 heterocycles. The van der Waals surface area contributed by atoms with Gasteiger partial charge >= 0.3 is 0 Å². The van der Waals surface area contributed by atoms with Crippen molar-refractivity contribution in [3.63, 3.8) is 0 Å². The minimum Gasteiger partial charge on any atom is -0.302 e. The molecule has 0 bridgehead atoms. The van der Waals surface area contributed by atoms with Crippen LogP contribution in [0.5, 0.6) is 0 Å². The first kappa shape index (κ1) is 13.2. The van der Waals surface area contributed by atoms with Gasteiger partial charge in [0.05, 0.1) is 5.75 Å². The highest BCUT2D eigenvalue weighted by Crippen LogP contribution is 2.35. The SMILES string of the molecule is CN(C)C1(CNS(=O)(=O)CCCl)CCC1. The molecular formula is C9H19ClN2O2S. The van der Waals surface area contributed by atoms with Crippen LogP contribution in [-0.2, 0) is 10.0 Å². The summed E-state index contributed by atoms with van der Waals surface area (Å²) in [5.74, 6) is 0.141. The summed E-state index contributed by atoms with van der Waals surface area (Å²) in [5.41, 5.74) is 0.0272. The Morgan fingerprint density at radius 1 is 1.40 bits per heavy atom. The molecule has 1 N–H and O–H groups in total. The lowest BCUT2D eigenvalue weighted by molar-refractivity contribution is 0.0657. The summed E-state index contributed by atoms with van der Waals surface area (Å²) in [4.78, 5) is 2.11. The lowest BCUT2D eigenvalue weighted by Crippen LogP contribution is -2.57. The fourth-order valence-electron chi connectivity index (χ4n) is 1.79. The fourth-order valence-corrected chi connectivity index (χ4v) is 3.23. The number of nitrogens with zero attached hydrogens (tertiary/aromatic N) is 1. The molecular weight excluding hydrogens is 236 g/mol. The van der Waals surface area contributed by atoms with E-state index in [1.807, 2.05) is 14.1 Å². The molecule has 0 spiro atoms. The molecule has 1 aliphatic rings. The number of alkyl halides is 1. The third-order valence-corrected chi connectivity index (χ3v) is 4.94. The second-order valence-corrected chi connectivity index (χ2v) is 6.61. The summed E-state index contributed by atoms with van der Waals surface area (Å²) in [6.07, 6.45) is 3.29. The van der Waals surface area contributed by atoms with Gasteiger partial charge in [0.25, 0.3) is 0 Å². The molecule has 1 fully saturated rings. The van der Waals surface area contributed by atoms with Gasteiger partial charge in [-0.15, -0.1) is 11.6 Å². The standard InChI is InChI=1S/C9H19ClN2O2S/c1-12(2)9(4-3-5-9)8-11-15(13,14)7-6-10/h11H,3-8H2,1-2H3. The largest absolute Gasteiger partial charge is 0.302 e. The molecule has 0 aromatic carbocycles. The molecule has 0 aromatic heterocycles. The van der Waals surface area contributed by atoms with E-state index in [2.05, 4.69) is 9.62 Å². The number of likely N-dealkylation sites (N-methyl/N-ethyl adjacent to an activating group) is 1. The van der Waals surface area contributed by atoms with E-state index in [9.17, 15) is 8.42 Å². The summed E-state index contributed by atoms with van der Waals surface area (Å²) in [6, 6.07) is 0. The van der Waals surface area contributed by atoms with Gasteiger partial charge in [0.15, 0.2) is 0 Å². The Bertz CT molecular complexity index is 299. The van der Waals surface area contributed by atoms with Crippen LogP contribution in [0, 0.1) is 0 Å². The van der Waals surface area contributed by atoms with Gasteiger partial charge in [-0.3, -0.25) is 0 Å². The second kappa shape index (κ2) is 4.99. The summed E-state index contributed by atoms with van der Waals surface area (Å²) < 4.78 is 25.5. The first-order chi connectivity index (χ1) is 6.92. The van der Waals surface area contributed by atoms with Gasteiger partial charge < -0.3 is 4.90 Å². The lowest BCUT2D eigenvalue weighted by atomic mass is 9.76. The van der Waals surface area contributed by atoms with Crippen molar-refractivity contribution in [2.75, 3.05) is 32.3 Å². The van der Waals surface area contributed by atoms with E-state index in [4.69, 9.17) is 11.6 Å². The zero-order valence-electron chi connectivity index (χ0n) is 9.29. The van der Waals surface area contributed by atoms with Gasteiger partial charge in [-0.1, -0.05) is 0 Å². The van der Waals surface area contributed by atoms with Crippen LogP contribution in [0.25, 0.3) is 0 Å². The zero-order valence-corrected chi connectivity index (χ0v) is 10.9. The molecule has 1 saturated carbocycles. The molecule has 1 rings (SSSR count). The normalized spacial score (nSPS) is 20.3. The van der Waals surface area contributed by atoms with Crippen LogP contribution in [-0.4, -0.2) is 51.1 Å². The van der Waals surface area contributed by atoms with Crippen molar-refractivity contribution >= 4 is 21.6 Å². The van der Waals surface area contributed by atoms with Crippen molar-refractivity contribution in [3.05, 3.63) is 0 Å². The predicted octanol–water partition coefficient (Wildman–Crippen LogP) is 0.629. The summed E-state index contributed by atoms with van der Waals surface area (Å²) in [7, 11) is 0.807. The number of rotatable bonds is 6. The Labute approximate surface area is 97.0 Å². The maximum atomic E-state index is 11.4. The summed E-state index contributed by atoms with van der Waals surface area (Å²) in [5, 5.41) is 0. The first-order valence-electron chi connectivity index (χ1n) is 5.13. The monoisotopic (exact) mass is 254 g/mol. The molecule has 0 radical (unpaired) electrons. The minimum absolute atomic E-state index is 0.00192. The topological polar surface area (TPSA) is 49.4 Å². The Balaban J connectivity index is 2.48. The molecule has 0 atom stereocenters. The van der Waals surface area contributed by atoms with Crippen LogP contribution in [0.15, 0.2) is 0 Å². The van der Waals surface area contributed by atoms with Crippen LogP contribution in [0.1, 0.15) is 19.3 Å². The molecule has 90 valence electrons. The van der Waals surface area contributed by atoms with Crippen LogP contribution in [0.2, 0.25) is 0 Å². The molecule has 15 heavy (non-hydrogen) atoms. The van der Waals surface area contributed by atoms with Crippen molar-refractivity contribution in [3.8, 4) is 0 Å². The average molecular weight is 255 g/mol. The smallest absolute Gasteiger partial charge is 0.212 e. The molecule has 4 nitrogen and oxygen atoms in total. The first-order valence-corrected chi connectivity index (χ1v) is 7.31. The highest BCUT2D eigenvalue weighted by molar-refractivity contribution is 7.89. The molecule has 1 aliphatic carbocycles. The van der Waals surface area contributed by atoms with E-state index < -0.39 is 10.0 Å². The van der Waals surface area contributed by atoms with Crippen LogP contribution in [0.4, 0.5) is 0 Å². The average Bonchev–Trinajstić information content (AvgIpc) is 2.00. The summed E-state index contributed by atoms with van der Waals surface area (Å²) >= 11 is 5.42. The zero-order chi connectivity index (χ0) is 11.5. The van der Waals surface area contributed by atoms with Crippen LogP contribution in [0.3, 0.4) is 0 Å². The van der Waals surface area contributed by atoms with E-state index in [-0.39, 0.29) is 17.2 Å². The van der Waals surface area contributed by atoms with Crippen molar-refractivity contribution in [2.45, 2.75) is 24.8 Å². The van der Waals surface area contributed by atoms with Crippen LogP contribution >= 0.6 is 11.6 Å². The van der Waals surface area contributed by atoms with Gasteiger partial charge in [-0.25, -0.2) is 13.1 Å². The molecule has 0 aliphatic heterocycles. The maximum Gasteiger partial charge on any atom is 0.212 e. The minimum atomic E-state index is -3.18. The third kappa shape index (κ3) is 3.31. The van der Waals surface area contributed by atoms with Gasteiger partial charge in [-0.2, -0.15) is 0 Å². The van der Waals surface area contributed by atoms with E-state index >= 15 is 0 Å². The van der Waals surface area contributed by atoms with Gasteiger partial charge in [0.1, 0.15) is 0 Å². The number of hydrogen-bond acceptors (Lipinski definition) is 3. The van der Waals surface area contributed by atoms with Crippen LogP contribution < -0.4 is 4.72 Å². The fraction of sp³-hybridized carbons (Fsp3) is 1.00. The Kier molecular flexibility index (Phi) is 4.40. The van der Waals surface area contributed by atoms with Crippen molar-refractivity contribution in [1.29, 1.82) is 0 Å². The van der Waals surface area contributed by atoms with Crippen molar-refractivity contribution in [1.82, 2.24) is 9.62 Å². The van der Waals surface area contributed by atoms with Crippen molar-refractivity contribution < 1.29 is 8.42 Å². The van der Waals surface area contributed by atoms with E-state index in [1.165, 1.54) is 6.42 Å². The molecule has 0 amide bonds. The Morgan fingerprint density at radius 3 is 2.33 bits per heavy atom. The number of halogens is 1. The number of sulfonamides is 1. The van der Waals surface area contributed by atoms with Gasteiger partial charge in [0.2, 0.25) is 10.0 Å². The molecule has 0 saturated heterocycles. The Hall–Kier alpha value is 0.160. The lowest BCUT2D eigenvalue weighted by Gasteiger charge is -2.47. The van der Waals surface area contributed by atoms with Gasteiger partial charge in [-0.05, 0) is 33.4 Å². The Morgan fingerprint density at radius 2 is 2.00 bits per heavy atom. The number of hydrogen-bond donors (Lipinski definition) is 1. The highest BCUT2D eigenvalue weighted by atomic mass is 35.5. The second-order valence-electron chi connectivity index (χ2n) is 4.30. The van der Waals surface area contributed by atoms with E-state index in [0.717, 1.165) is 12.8 Å². The highest BCUT2D eigenvalue weighted by Gasteiger charge is 2.39. The van der Waals surface area contributed by atoms with E-state index in [0.29, 0.717) is 6.54 Å². The summed E-state index contributed by atoms with van der Waals surface area (Å²) in [6.45, 7) is 0.499. The quantitative estimate of drug-likeness (QED) is 0.708. The predicted molar refractivity (Wildman–Crippen MR) is 62.8 cm³/mol. The van der Waals surface area contributed by atoms with Gasteiger partial charge in [0, 0.05) is 18.0 Å². The maximum absolute atomic E-state index is 11.4. The molecule has 0 unspecified atom stereocenters. The third-order valence-electron chi connectivity index (χ3n) is 3.20. The molecule has 6 heteroatoms. The number of nitrogens with one attached hydrogen (secondary N) is 1. The van der Waals surface area contributed by atoms with Crippen molar-refractivity contribution in [2.24, 2.45) is 0 Å².